The molecule has 1 aromatic heterocycles. The van der Waals surface area contributed by atoms with Crippen molar-refractivity contribution in [3.05, 3.63) is 72.4 Å². The van der Waals surface area contributed by atoms with Gasteiger partial charge in [0.25, 0.3) is 5.91 Å². The van der Waals surface area contributed by atoms with Crippen LogP contribution < -0.4 is 20.3 Å². The molecule has 0 aliphatic carbocycles. The summed E-state index contributed by atoms with van der Waals surface area (Å²) in [5, 5.41) is 6.13. The second kappa shape index (κ2) is 8.65. The van der Waals surface area contributed by atoms with Gasteiger partial charge < -0.3 is 20.3 Å². The third-order valence-electron chi connectivity index (χ3n) is 4.99. The lowest BCUT2D eigenvalue weighted by molar-refractivity contribution is 0.102. The van der Waals surface area contributed by atoms with E-state index in [0.29, 0.717) is 22.8 Å². The van der Waals surface area contributed by atoms with Crippen molar-refractivity contribution < 1.29 is 9.53 Å². The number of amides is 1. The Morgan fingerprint density at radius 1 is 1.00 bits per heavy atom. The van der Waals surface area contributed by atoms with Gasteiger partial charge in [0.05, 0.1) is 18.4 Å². The number of carbonyl (C=O) groups excluding carboxylic acids is 1. The van der Waals surface area contributed by atoms with Crippen LogP contribution in [0.1, 0.15) is 23.2 Å². The minimum absolute atomic E-state index is 0.233. The Bertz CT molecular complexity index is 965. The number of nitrogens with zero attached hydrogens (tertiary/aromatic N) is 2. The Kier molecular flexibility index (Phi) is 5.61. The van der Waals surface area contributed by atoms with Crippen molar-refractivity contribution in [3.63, 3.8) is 0 Å². The number of nitrogens with one attached hydrogen (secondary N) is 2. The van der Waals surface area contributed by atoms with Gasteiger partial charge in [0.15, 0.2) is 0 Å². The number of hydrogen-bond donors (Lipinski definition) is 2. The highest BCUT2D eigenvalue weighted by Crippen LogP contribution is 2.25. The summed E-state index contributed by atoms with van der Waals surface area (Å²) in [6.45, 7) is 2.26. The first-order chi connectivity index (χ1) is 14.2. The van der Waals surface area contributed by atoms with Gasteiger partial charge in [-0.2, -0.15) is 0 Å². The topological polar surface area (TPSA) is 66.5 Å². The van der Waals surface area contributed by atoms with Crippen LogP contribution >= 0.6 is 0 Å². The molecule has 2 N–H and O–H groups in total. The Morgan fingerprint density at radius 3 is 2.45 bits per heavy atom. The minimum Gasteiger partial charge on any atom is -0.495 e. The van der Waals surface area contributed by atoms with Crippen molar-refractivity contribution in [3.8, 4) is 5.75 Å². The number of rotatable bonds is 6. The molecule has 1 saturated heterocycles. The van der Waals surface area contributed by atoms with E-state index < -0.39 is 0 Å². The number of carbonyl (C=O) groups is 1. The first-order valence-corrected chi connectivity index (χ1v) is 9.75. The van der Waals surface area contributed by atoms with Crippen LogP contribution in [0.25, 0.3) is 0 Å². The van der Waals surface area contributed by atoms with E-state index in [0.717, 1.165) is 18.8 Å². The molecular formula is C23H24N4O2. The second-order valence-electron chi connectivity index (χ2n) is 6.95. The predicted octanol–water partition coefficient (Wildman–Crippen LogP) is 4.69. The first kappa shape index (κ1) is 18.8. The minimum atomic E-state index is -0.233. The van der Waals surface area contributed by atoms with Crippen LogP contribution in [0.5, 0.6) is 5.75 Å². The molecule has 1 amide bonds. The highest BCUT2D eigenvalue weighted by molar-refractivity contribution is 6.04. The summed E-state index contributed by atoms with van der Waals surface area (Å²) in [4.78, 5) is 19.2. The Morgan fingerprint density at radius 2 is 1.76 bits per heavy atom. The van der Waals surface area contributed by atoms with Gasteiger partial charge in [-0.3, -0.25) is 4.79 Å². The summed E-state index contributed by atoms with van der Waals surface area (Å²) in [7, 11) is 1.57. The average molecular weight is 388 g/mol. The van der Waals surface area contributed by atoms with Crippen LogP contribution in [0.15, 0.2) is 66.9 Å². The molecule has 4 rings (SSSR count). The Hall–Kier alpha value is -3.54. The molecule has 1 aliphatic rings. The van der Waals surface area contributed by atoms with Gasteiger partial charge in [-0.1, -0.05) is 12.1 Å². The quantitative estimate of drug-likeness (QED) is 0.641. The van der Waals surface area contributed by atoms with Crippen molar-refractivity contribution in [1.82, 2.24) is 4.98 Å². The fraction of sp³-hybridized carbons (Fsp3) is 0.217. The molecule has 2 aromatic carbocycles. The van der Waals surface area contributed by atoms with Gasteiger partial charge >= 0.3 is 0 Å². The van der Waals surface area contributed by atoms with Crippen LogP contribution in [0, 0.1) is 0 Å². The summed E-state index contributed by atoms with van der Waals surface area (Å²) in [5.74, 6) is 1.07. The Labute approximate surface area is 170 Å². The molecule has 148 valence electrons. The highest BCUT2D eigenvalue weighted by atomic mass is 16.5. The maximum Gasteiger partial charge on any atom is 0.257 e. The fourth-order valence-electron chi connectivity index (χ4n) is 3.42. The number of hydrogen-bond acceptors (Lipinski definition) is 5. The zero-order valence-corrected chi connectivity index (χ0v) is 16.4. The van der Waals surface area contributed by atoms with Crippen LogP contribution in [0.4, 0.5) is 22.9 Å². The van der Waals surface area contributed by atoms with Gasteiger partial charge in [0.1, 0.15) is 11.6 Å². The second-order valence-corrected chi connectivity index (χ2v) is 6.95. The summed E-state index contributed by atoms with van der Waals surface area (Å²) >= 11 is 0. The third-order valence-corrected chi connectivity index (χ3v) is 4.99. The molecular weight excluding hydrogens is 364 g/mol. The standard InChI is InChI=1S/C23H24N4O2/c1-29-21-7-3-2-6-20(21)26-23(28)17-8-13-22(24-16-17)25-18-9-11-19(12-10-18)27-14-4-5-15-27/h2-3,6-13,16H,4-5,14-15H2,1H3,(H,24,25)(H,26,28). The number of ether oxygens (including phenoxy) is 1. The fourth-order valence-corrected chi connectivity index (χ4v) is 3.42. The average Bonchev–Trinajstić information content (AvgIpc) is 3.30. The SMILES string of the molecule is COc1ccccc1NC(=O)c1ccc(Nc2ccc(N3CCCC3)cc2)nc1. The van der Waals surface area contributed by atoms with Crippen molar-refractivity contribution in [2.24, 2.45) is 0 Å². The van der Waals surface area contributed by atoms with E-state index in [-0.39, 0.29) is 5.91 Å². The number of anilines is 4. The molecule has 6 heteroatoms. The lowest BCUT2D eigenvalue weighted by Gasteiger charge is -2.17. The number of methoxy groups -OCH3 is 1. The molecule has 1 fully saturated rings. The summed E-state index contributed by atoms with van der Waals surface area (Å²) in [6.07, 6.45) is 4.09. The lowest BCUT2D eigenvalue weighted by Crippen LogP contribution is -2.17. The molecule has 0 bridgehead atoms. The predicted molar refractivity (Wildman–Crippen MR) is 116 cm³/mol. The number of pyridine rings is 1. The summed E-state index contributed by atoms with van der Waals surface area (Å²) in [5.41, 5.74) is 3.32. The van der Waals surface area contributed by atoms with Gasteiger partial charge in [-0.25, -0.2) is 4.98 Å². The molecule has 0 atom stereocenters. The van der Waals surface area contributed by atoms with Gasteiger partial charge in [0.2, 0.25) is 0 Å². The number of aromatic nitrogens is 1. The lowest BCUT2D eigenvalue weighted by atomic mass is 10.2. The summed E-state index contributed by atoms with van der Waals surface area (Å²) < 4.78 is 5.27. The van der Waals surface area contributed by atoms with Crippen LogP contribution in [0.2, 0.25) is 0 Å². The van der Waals surface area contributed by atoms with Crippen molar-refractivity contribution in [2.45, 2.75) is 12.8 Å². The molecule has 2 heterocycles. The van der Waals surface area contributed by atoms with E-state index in [4.69, 9.17) is 4.74 Å². The molecule has 1 aliphatic heterocycles. The zero-order valence-electron chi connectivity index (χ0n) is 16.4. The van der Waals surface area contributed by atoms with Gasteiger partial charge in [0, 0.05) is 30.7 Å². The number of benzene rings is 2. The van der Waals surface area contributed by atoms with Crippen LogP contribution in [-0.2, 0) is 0 Å². The summed E-state index contributed by atoms with van der Waals surface area (Å²) in [6, 6.07) is 19.2. The molecule has 3 aromatic rings. The van der Waals surface area contributed by atoms with Crippen molar-refractivity contribution >= 4 is 28.8 Å². The van der Waals surface area contributed by atoms with Gasteiger partial charge in [-0.15, -0.1) is 0 Å². The third kappa shape index (κ3) is 4.48. The molecule has 0 unspecified atom stereocenters. The van der Waals surface area contributed by atoms with E-state index in [9.17, 15) is 4.79 Å². The maximum absolute atomic E-state index is 12.5. The number of para-hydroxylation sites is 2. The normalized spacial score (nSPS) is 13.2. The highest BCUT2D eigenvalue weighted by Gasteiger charge is 2.12. The van der Waals surface area contributed by atoms with E-state index in [1.165, 1.54) is 18.5 Å². The van der Waals surface area contributed by atoms with Crippen molar-refractivity contribution in [1.29, 1.82) is 0 Å². The molecule has 29 heavy (non-hydrogen) atoms. The van der Waals surface area contributed by atoms with E-state index in [2.05, 4.69) is 44.8 Å². The molecule has 0 spiro atoms. The van der Waals surface area contributed by atoms with Crippen LogP contribution in [-0.4, -0.2) is 31.1 Å². The first-order valence-electron chi connectivity index (χ1n) is 9.75. The monoisotopic (exact) mass is 388 g/mol. The molecule has 6 nitrogen and oxygen atoms in total. The van der Waals surface area contributed by atoms with Crippen LogP contribution in [0.3, 0.4) is 0 Å². The van der Waals surface area contributed by atoms with E-state index >= 15 is 0 Å². The molecule has 0 radical (unpaired) electrons. The molecule has 0 saturated carbocycles. The Balaban J connectivity index is 1.39. The van der Waals surface area contributed by atoms with E-state index in [1.54, 1.807) is 37.6 Å². The van der Waals surface area contributed by atoms with Crippen molar-refractivity contribution in [2.75, 3.05) is 35.7 Å². The smallest absolute Gasteiger partial charge is 0.257 e. The van der Waals surface area contributed by atoms with E-state index in [1.807, 2.05) is 12.1 Å². The van der Waals surface area contributed by atoms with Gasteiger partial charge in [-0.05, 0) is 61.4 Å². The maximum atomic E-state index is 12.5. The largest absolute Gasteiger partial charge is 0.495 e. The zero-order chi connectivity index (χ0) is 20.1.